The Morgan fingerprint density at radius 2 is 2.45 bits per heavy atom. The summed E-state index contributed by atoms with van der Waals surface area (Å²) in [5, 5.41) is 11.6. The first kappa shape index (κ1) is 9.17. The Kier molecular flexibility index (Phi) is 4.16. The van der Waals surface area contributed by atoms with Crippen LogP contribution in [0.1, 0.15) is 6.92 Å². The van der Waals surface area contributed by atoms with Gasteiger partial charge in [0.2, 0.25) is 0 Å². The topological polar surface area (TPSA) is 91.3 Å². The molecule has 0 fully saturated rings. The summed E-state index contributed by atoms with van der Waals surface area (Å²) in [5.41, 5.74) is 7.25. The maximum atomic E-state index is 10.1. The molecule has 0 aromatic carbocycles. The van der Waals surface area contributed by atoms with E-state index in [-0.39, 0.29) is 0 Å². The maximum Gasteiger partial charge on any atom is 0.332 e. The fourth-order valence-corrected chi connectivity index (χ4v) is 0.338. The first-order chi connectivity index (χ1) is 5.16. The van der Waals surface area contributed by atoms with E-state index in [2.05, 4.69) is 5.10 Å². The minimum atomic E-state index is -0.727. The molecule has 0 heterocycles. The predicted octanol–water partition coefficient (Wildman–Crippen LogP) is 0.110. The van der Waals surface area contributed by atoms with Gasteiger partial charge in [0.15, 0.2) is 0 Å². The summed E-state index contributed by atoms with van der Waals surface area (Å²) in [6.45, 7) is 1.63. The van der Waals surface area contributed by atoms with Gasteiger partial charge in [-0.15, -0.1) is 0 Å². The zero-order valence-corrected chi connectivity index (χ0v) is 6.03. The summed E-state index contributed by atoms with van der Waals surface area (Å²) >= 11 is 0. The van der Waals surface area contributed by atoms with Gasteiger partial charge in [-0.1, -0.05) is 0 Å². The standard InChI is InChI=1S/C6H8N4O/c1-5(3-2-4-7)9-10-6(8)11/h2-3H,1H3,(H3,8,10,11)/b3-2+,9-5+. The van der Waals surface area contributed by atoms with Crippen LogP contribution in [-0.4, -0.2) is 11.7 Å². The van der Waals surface area contributed by atoms with Gasteiger partial charge < -0.3 is 5.73 Å². The van der Waals surface area contributed by atoms with Gasteiger partial charge >= 0.3 is 6.03 Å². The van der Waals surface area contributed by atoms with Crippen molar-refractivity contribution in [3.8, 4) is 6.07 Å². The first-order valence-electron chi connectivity index (χ1n) is 2.82. The van der Waals surface area contributed by atoms with Crippen molar-refractivity contribution in [2.24, 2.45) is 10.8 Å². The largest absolute Gasteiger partial charge is 0.350 e. The van der Waals surface area contributed by atoms with Crippen molar-refractivity contribution in [2.75, 3.05) is 0 Å². The van der Waals surface area contributed by atoms with Crippen LogP contribution in [0.5, 0.6) is 0 Å². The first-order valence-corrected chi connectivity index (χ1v) is 2.82. The summed E-state index contributed by atoms with van der Waals surface area (Å²) in [6, 6.07) is 1.05. The molecule has 5 nitrogen and oxygen atoms in total. The Morgan fingerprint density at radius 3 is 2.91 bits per heavy atom. The molecular formula is C6H8N4O. The third-order valence-electron chi connectivity index (χ3n) is 0.742. The molecule has 5 heteroatoms. The molecule has 0 unspecified atom stereocenters. The van der Waals surface area contributed by atoms with Crippen LogP contribution >= 0.6 is 0 Å². The number of nitrogens with zero attached hydrogens (tertiary/aromatic N) is 2. The van der Waals surface area contributed by atoms with Crippen LogP contribution in [0, 0.1) is 11.3 Å². The smallest absolute Gasteiger partial charge is 0.332 e. The summed E-state index contributed by atoms with van der Waals surface area (Å²) in [6.07, 6.45) is 2.71. The number of carbonyl (C=O) groups excluding carboxylic acids is 1. The Balaban J connectivity index is 3.93. The predicted molar refractivity (Wildman–Crippen MR) is 40.6 cm³/mol. The molecule has 2 amide bonds. The highest BCUT2D eigenvalue weighted by Crippen LogP contribution is 1.77. The highest BCUT2D eigenvalue weighted by atomic mass is 16.2. The van der Waals surface area contributed by atoms with Crippen molar-refractivity contribution in [2.45, 2.75) is 6.92 Å². The number of primary amides is 1. The second-order valence-corrected chi connectivity index (χ2v) is 1.69. The number of amides is 2. The van der Waals surface area contributed by atoms with Gasteiger partial charge in [-0.2, -0.15) is 10.4 Å². The number of nitrogens with two attached hydrogens (primary N) is 1. The minimum Gasteiger partial charge on any atom is -0.350 e. The Labute approximate surface area is 64.2 Å². The average molecular weight is 152 g/mol. The van der Waals surface area contributed by atoms with Crippen molar-refractivity contribution in [1.29, 1.82) is 5.26 Å². The number of carbonyl (C=O) groups is 1. The molecule has 3 N–H and O–H groups in total. The van der Waals surface area contributed by atoms with Gasteiger partial charge in [-0.3, -0.25) is 0 Å². The van der Waals surface area contributed by atoms with E-state index in [0.29, 0.717) is 5.71 Å². The van der Waals surface area contributed by atoms with Crippen molar-refractivity contribution >= 4 is 11.7 Å². The van der Waals surface area contributed by atoms with Crippen LogP contribution in [0.3, 0.4) is 0 Å². The van der Waals surface area contributed by atoms with Crippen LogP contribution in [0.15, 0.2) is 17.3 Å². The lowest BCUT2D eigenvalue weighted by atomic mass is 10.4. The number of urea groups is 1. The van der Waals surface area contributed by atoms with Gasteiger partial charge in [-0.25, -0.2) is 10.2 Å². The molecule has 0 aromatic heterocycles. The molecular weight excluding hydrogens is 144 g/mol. The molecule has 11 heavy (non-hydrogen) atoms. The normalized spacial score (nSPS) is 11.1. The lowest BCUT2D eigenvalue weighted by Gasteiger charge is -1.91. The molecule has 0 spiro atoms. The summed E-state index contributed by atoms with van der Waals surface area (Å²) < 4.78 is 0. The quantitative estimate of drug-likeness (QED) is 0.334. The average Bonchev–Trinajstić information content (AvgIpc) is 1.97. The second kappa shape index (κ2) is 4.99. The van der Waals surface area contributed by atoms with E-state index in [4.69, 9.17) is 11.0 Å². The van der Waals surface area contributed by atoms with Crippen molar-refractivity contribution < 1.29 is 4.79 Å². The van der Waals surface area contributed by atoms with Gasteiger partial charge in [0, 0.05) is 6.08 Å². The second-order valence-electron chi connectivity index (χ2n) is 1.69. The van der Waals surface area contributed by atoms with Crippen LogP contribution in [0.25, 0.3) is 0 Å². The molecule has 0 saturated carbocycles. The molecule has 0 bridgehead atoms. The monoisotopic (exact) mass is 152 g/mol. The number of hydrogen-bond donors (Lipinski definition) is 2. The van der Waals surface area contributed by atoms with E-state index >= 15 is 0 Å². The molecule has 0 atom stereocenters. The van der Waals surface area contributed by atoms with Crippen molar-refractivity contribution in [1.82, 2.24) is 5.43 Å². The molecule has 0 rings (SSSR count). The number of hydrazone groups is 1. The van der Waals surface area contributed by atoms with E-state index in [1.165, 1.54) is 12.2 Å². The van der Waals surface area contributed by atoms with Crippen LogP contribution in [0.2, 0.25) is 0 Å². The number of allylic oxidation sites excluding steroid dienone is 2. The van der Waals surface area contributed by atoms with Gasteiger partial charge in [0.05, 0.1) is 11.8 Å². The minimum absolute atomic E-state index is 0.505. The molecule has 0 aromatic rings. The molecule has 58 valence electrons. The van der Waals surface area contributed by atoms with Crippen molar-refractivity contribution in [3.63, 3.8) is 0 Å². The third kappa shape index (κ3) is 6.05. The van der Waals surface area contributed by atoms with E-state index in [0.717, 1.165) is 0 Å². The Bertz CT molecular complexity index is 235. The van der Waals surface area contributed by atoms with E-state index < -0.39 is 6.03 Å². The number of rotatable bonds is 2. The van der Waals surface area contributed by atoms with Gasteiger partial charge in [-0.05, 0) is 13.0 Å². The molecule has 0 radical (unpaired) electrons. The zero-order valence-electron chi connectivity index (χ0n) is 6.03. The summed E-state index contributed by atoms with van der Waals surface area (Å²) in [5.74, 6) is 0. The number of nitriles is 1. The SMILES string of the molecule is CC(/C=C/C#N)=N\NC(N)=O. The van der Waals surface area contributed by atoms with E-state index in [1.54, 1.807) is 13.0 Å². The van der Waals surface area contributed by atoms with Crippen LogP contribution < -0.4 is 11.2 Å². The molecule has 0 aliphatic rings. The van der Waals surface area contributed by atoms with Gasteiger partial charge in [0.25, 0.3) is 0 Å². The van der Waals surface area contributed by atoms with Crippen molar-refractivity contribution in [3.05, 3.63) is 12.2 Å². The van der Waals surface area contributed by atoms with E-state index in [9.17, 15) is 4.79 Å². The Hall–Kier alpha value is -1.83. The Morgan fingerprint density at radius 1 is 1.82 bits per heavy atom. The van der Waals surface area contributed by atoms with Crippen LogP contribution in [-0.2, 0) is 0 Å². The number of nitrogens with one attached hydrogen (secondary N) is 1. The summed E-state index contributed by atoms with van der Waals surface area (Å²) in [7, 11) is 0. The van der Waals surface area contributed by atoms with E-state index in [1.807, 2.05) is 5.43 Å². The highest BCUT2D eigenvalue weighted by molar-refractivity contribution is 5.93. The number of hydrogen-bond acceptors (Lipinski definition) is 3. The summed E-state index contributed by atoms with van der Waals surface area (Å²) in [4.78, 5) is 10.1. The third-order valence-corrected chi connectivity index (χ3v) is 0.742. The lowest BCUT2D eigenvalue weighted by Crippen LogP contribution is -2.25. The fraction of sp³-hybridized carbons (Fsp3) is 0.167. The van der Waals surface area contributed by atoms with Crippen LogP contribution in [0.4, 0.5) is 4.79 Å². The molecule has 0 aliphatic carbocycles. The molecule has 0 aliphatic heterocycles. The zero-order chi connectivity index (χ0) is 8.69. The lowest BCUT2D eigenvalue weighted by molar-refractivity contribution is 0.249. The fourth-order valence-electron chi connectivity index (χ4n) is 0.338. The van der Waals surface area contributed by atoms with Gasteiger partial charge in [0.1, 0.15) is 0 Å². The maximum absolute atomic E-state index is 10.1. The highest BCUT2D eigenvalue weighted by Gasteiger charge is 1.86. The molecule has 0 saturated heterocycles.